The Labute approximate surface area is 412 Å². The van der Waals surface area contributed by atoms with Crippen LogP contribution >= 0.6 is 11.3 Å². The molecule has 1 aromatic rings. The fraction of sp³-hybridized carbons (Fsp3) is 0.836. The molecule has 0 aliphatic carbocycles. The summed E-state index contributed by atoms with van der Waals surface area (Å²) in [6, 6.07) is 0. The number of nitrogens with zero attached hydrogens (tertiary/aromatic N) is 2. The predicted molar refractivity (Wildman–Crippen MR) is 276 cm³/mol. The topological polar surface area (TPSA) is 132 Å². The molecule has 386 valence electrons. The Morgan fingerprint density at radius 2 is 1.03 bits per heavy atom. The SMILES string of the molecule is CCCCCCCCC(CCCCCC)OC(=O)CCCCC(=O)Nc1sc2c(c1C(=O)OCCCN(C)C)CCN(C(=O)CCCCC(=O)OC(CCCCCC)CCCCCCCC)C2. The molecule has 0 fully saturated rings. The largest absolute Gasteiger partial charge is 0.462 e. The van der Waals surface area contributed by atoms with Gasteiger partial charge in [-0.05, 0) is 110 Å². The minimum absolute atomic E-state index is 0.0154. The molecule has 12 heteroatoms. The van der Waals surface area contributed by atoms with Crippen molar-refractivity contribution in [1.29, 1.82) is 0 Å². The first-order valence-corrected chi connectivity index (χ1v) is 28.3. The van der Waals surface area contributed by atoms with E-state index in [0.717, 1.165) is 74.8 Å². The summed E-state index contributed by atoms with van der Waals surface area (Å²) in [6.45, 7) is 10.7. The average molecular weight is 960 g/mol. The lowest BCUT2D eigenvalue weighted by atomic mass is 10.0. The van der Waals surface area contributed by atoms with Crippen molar-refractivity contribution < 1.29 is 38.2 Å². The van der Waals surface area contributed by atoms with Gasteiger partial charge in [-0.3, -0.25) is 19.2 Å². The van der Waals surface area contributed by atoms with Gasteiger partial charge in [0.1, 0.15) is 17.2 Å². The number of carbonyl (C=O) groups excluding carboxylic acids is 5. The molecule has 1 aromatic heterocycles. The second-order valence-electron chi connectivity index (χ2n) is 19.6. The van der Waals surface area contributed by atoms with Gasteiger partial charge in [-0.2, -0.15) is 0 Å². The number of amides is 2. The van der Waals surface area contributed by atoms with E-state index in [2.05, 4.69) is 33.0 Å². The van der Waals surface area contributed by atoms with Gasteiger partial charge in [0.25, 0.3) is 0 Å². The van der Waals surface area contributed by atoms with Gasteiger partial charge in [-0.15, -0.1) is 11.3 Å². The average Bonchev–Trinajstić information content (AvgIpc) is 3.67. The van der Waals surface area contributed by atoms with E-state index in [4.69, 9.17) is 14.2 Å². The third-order valence-corrected chi connectivity index (χ3v) is 14.2. The lowest BCUT2D eigenvalue weighted by Gasteiger charge is -2.27. The van der Waals surface area contributed by atoms with Crippen LogP contribution in [0.4, 0.5) is 5.00 Å². The number of ether oxygens (including phenoxy) is 3. The molecule has 0 spiro atoms. The van der Waals surface area contributed by atoms with Crippen LogP contribution in [0.1, 0.15) is 260 Å². The fourth-order valence-corrected chi connectivity index (χ4v) is 10.2. The molecule has 0 radical (unpaired) electrons. The Kier molecular flexibility index (Phi) is 34.8. The van der Waals surface area contributed by atoms with E-state index in [1.165, 1.54) is 108 Å². The first-order valence-electron chi connectivity index (χ1n) is 27.5. The van der Waals surface area contributed by atoms with E-state index in [1.54, 1.807) is 0 Å². The van der Waals surface area contributed by atoms with E-state index >= 15 is 0 Å². The number of unbranched alkanes of at least 4 members (excludes halogenated alkanes) is 18. The van der Waals surface area contributed by atoms with E-state index in [1.807, 2.05) is 23.9 Å². The van der Waals surface area contributed by atoms with Gasteiger partial charge < -0.3 is 29.3 Å². The molecule has 1 aliphatic rings. The van der Waals surface area contributed by atoms with E-state index < -0.39 is 5.97 Å². The van der Waals surface area contributed by atoms with Crippen LogP contribution in [0, 0.1) is 0 Å². The molecule has 1 aliphatic heterocycles. The van der Waals surface area contributed by atoms with Crippen LogP contribution in [0.15, 0.2) is 0 Å². The van der Waals surface area contributed by atoms with Crippen LogP contribution in [0.2, 0.25) is 0 Å². The summed E-state index contributed by atoms with van der Waals surface area (Å²) in [6.07, 6.45) is 32.1. The second kappa shape index (κ2) is 38.8. The maximum absolute atomic E-state index is 13.6. The van der Waals surface area contributed by atoms with Gasteiger partial charge in [0.05, 0.1) is 18.7 Å². The van der Waals surface area contributed by atoms with E-state index in [9.17, 15) is 24.0 Å². The number of carbonyl (C=O) groups is 5. The normalized spacial score (nSPS) is 13.3. The Morgan fingerprint density at radius 3 is 1.52 bits per heavy atom. The van der Waals surface area contributed by atoms with Crippen molar-refractivity contribution in [3.05, 3.63) is 16.0 Å². The highest BCUT2D eigenvalue weighted by Gasteiger charge is 2.31. The molecule has 0 saturated carbocycles. The van der Waals surface area contributed by atoms with Crippen LogP contribution in [-0.2, 0) is 46.4 Å². The van der Waals surface area contributed by atoms with E-state index in [-0.39, 0.29) is 55.4 Å². The van der Waals surface area contributed by atoms with Crippen molar-refractivity contribution in [2.75, 3.05) is 39.1 Å². The molecular formula is C55H97N3O8S. The molecule has 0 saturated heterocycles. The Balaban J connectivity index is 1.94. The highest BCUT2D eigenvalue weighted by molar-refractivity contribution is 7.17. The summed E-state index contributed by atoms with van der Waals surface area (Å²) in [5.41, 5.74) is 1.23. The number of hydrogen-bond donors (Lipinski definition) is 1. The quantitative estimate of drug-likeness (QED) is 0.0386. The summed E-state index contributed by atoms with van der Waals surface area (Å²) < 4.78 is 17.7. The van der Waals surface area contributed by atoms with Crippen molar-refractivity contribution >= 4 is 46.1 Å². The minimum Gasteiger partial charge on any atom is -0.462 e. The molecule has 0 bridgehead atoms. The summed E-state index contributed by atoms with van der Waals surface area (Å²) in [5.74, 6) is -1.00. The molecule has 2 rings (SSSR count). The summed E-state index contributed by atoms with van der Waals surface area (Å²) in [5, 5.41) is 3.47. The molecule has 11 nitrogen and oxygen atoms in total. The van der Waals surface area contributed by atoms with Crippen LogP contribution in [0.3, 0.4) is 0 Å². The molecule has 2 unspecified atom stereocenters. The van der Waals surface area contributed by atoms with Crippen molar-refractivity contribution in [1.82, 2.24) is 9.80 Å². The summed E-state index contributed by atoms with van der Waals surface area (Å²) in [7, 11) is 3.95. The Hall–Kier alpha value is -2.99. The van der Waals surface area contributed by atoms with Crippen molar-refractivity contribution in [3.8, 4) is 0 Å². The number of anilines is 1. The molecule has 1 N–H and O–H groups in total. The minimum atomic E-state index is -0.457. The Morgan fingerprint density at radius 1 is 0.582 bits per heavy atom. The maximum atomic E-state index is 13.6. The van der Waals surface area contributed by atoms with Crippen LogP contribution in [0.5, 0.6) is 0 Å². The number of rotatable bonds is 42. The number of fused-ring (bicyclic) bond motifs is 1. The number of thiophene rings is 1. The van der Waals surface area contributed by atoms with Crippen molar-refractivity contribution in [2.24, 2.45) is 0 Å². The zero-order valence-electron chi connectivity index (χ0n) is 43.6. The molecular weight excluding hydrogens is 863 g/mol. The van der Waals surface area contributed by atoms with Gasteiger partial charge in [0.15, 0.2) is 0 Å². The smallest absolute Gasteiger partial charge is 0.341 e. The van der Waals surface area contributed by atoms with Crippen LogP contribution in [0.25, 0.3) is 0 Å². The van der Waals surface area contributed by atoms with E-state index in [0.29, 0.717) is 75.0 Å². The number of esters is 3. The number of hydrogen-bond acceptors (Lipinski definition) is 10. The zero-order chi connectivity index (χ0) is 48.9. The van der Waals surface area contributed by atoms with Gasteiger partial charge >= 0.3 is 17.9 Å². The highest BCUT2D eigenvalue weighted by atomic mass is 32.1. The van der Waals surface area contributed by atoms with Gasteiger partial charge in [-0.25, -0.2) is 4.79 Å². The van der Waals surface area contributed by atoms with Gasteiger partial charge in [0, 0.05) is 43.6 Å². The molecule has 67 heavy (non-hydrogen) atoms. The third-order valence-electron chi connectivity index (χ3n) is 13.0. The van der Waals surface area contributed by atoms with Gasteiger partial charge in [-0.1, -0.05) is 130 Å². The lowest BCUT2D eigenvalue weighted by molar-refractivity contribution is -0.151. The van der Waals surface area contributed by atoms with Crippen LogP contribution < -0.4 is 5.32 Å². The summed E-state index contributed by atoms with van der Waals surface area (Å²) >= 11 is 1.34. The number of nitrogens with one attached hydrogen (secondary N) is 1. The maximum Gasteiger partial charge on any atom is 0.341 e. The standard InChI is InChI=1S/C55H97N3O8S/c1-7-11-15-19-21-25-34-45(32-23-17-13-9-3)65-51(61)38-29-27-36-49(59)56-54-53(55(63)64-43-31-41-57(5)6)47-40-42-58(44-48(47)67-54)50(60)37-28-30-39-52(62)66-46(33-24-18-14-10-4)35-26-22-20-16-12-8-2/h45-46H,7-44H2,1-6H3,(H,56,59). The Bertz CT molecular complexity index is 1500. The summed E-state index contributed by atoms with van der Waals surface area (Å²) in [4.78, 5) is 71.0. The second-order valence-corrected chi connectivity index (χ2v) is 20.7. The first kappa shape index (κ1) is 60.1. The molecule has 2 amide bonds. The predicted octanol–water partition coefficient (Wildman–Crippen LogP) is 14.1. The third kappa shape index (κ3) is 28.3. The monoisotopic (exact) mass is 960 g/mol. The first-order chi connectivity index (χ1) is 32.5. The van der Waals surface area contributed by atoms with Gasteiger partial charge in [0.2, 0.25) is 11.8 Å². The molecule has 2 atom stereocenters. The lowest BCUT2D eigenvalue weighted by Crippen LogP contribution is -2.35. The highest BCUT2D eigenvalue weighted by Crippen LogP contribution is 2.38. The fourth-order valence-electron chi connectivity index (χ4n) is 8.90. The zero-order valence-corrected chi connectivity index (χ0v) is 44.4. The molecule has 0 aromatic carbocycles. The van der Waals surface area contributed by atoms with Crippen molar-refractivity contribution in [2.45, 2.75) is 265 Å². The molecule has 2 heterocycles. The van der Waals surface area contributed by atoms with Crippen LogP contribution in [-0.4, -0.2) is 85.5 Å². The van der Waals surface area contributed by atoms with Crippen molar-refractivity contribution in [3.63, 3.8) is 0 Å².